The molecule has 1 aromatic rings. The Kier molecular flexibility index (Phi) is 9.08. The largest absolute Gasteiger partial charge is 0.461 e. The molecule has 0 saturated heterocycles. The van der Waals surface area contributed by atoms with Crippen LogP contribution in [0, 0.1) is 13.8 Å². The molecule has 0 aliphatic rings. The van der Waals surface area contributed by atoms with E-state index in [1.165, 1.54) is 32.1 Å². The van der Waals surface area contributed by atoms with Crippen molar-refractivity contribution in [2.24, 2.45) is 0 Å². The van der Waals surface area contributed by atoms with Crippen LogP contribution in [-0.2, 0) is 4.74 Å². The molecule has 0 radical (unpaired) electrons. The summed E-state index contributed by atoms with van der Waals surface area (Å²) in [5.41, 5.74) is 3.21. The Labute approximate surface area is 145 Å². The van der Waals surface area contributed by atoms with Crippen molar-refractivity contribution < 1.29 is 9.53 Å². The Morgan fingerprint density at radius 1 is 1.13 bits per heavy atom. The van der Waals surface area contributed by atoms with E-state index in [1.807, 2.05) is 13.8 Å². The lowest BCUT2D eigenvalue weighted by Crippen LogP contribution is -2.06. The zero-order valence-electron chi connectivity index (χ0n) is 14.9. The van der Waals surface area contributed by atoms with Crippen LogP contribution in [0.25, 0.3) is 5.03 Å². The molecule has 0 aromatic carbocycles. The maximum atomic E-state index is 11.9. The number of aromatic amines is 1. The van der Waals surface area contributed by atoms with Crippen molar-refractivity contribution in [2.45, 2.75) is 72.6 Å². The van der Waals surface area contributed by atoms with Crippen molar-refractivity contribution in [3.05, 3.63) is 28.6 Å². The van der Waals surface area contributed by atoms with Gasteiger partial charge in [0.2, 0.25) is 0 Å². The van der Waals surface area contributed by atoms with Crippen LogP contribution in [0.4, 0.5) is 0 Å². The first-order valence-corrected chi connectivity index (χ1v) is 9.13. The van der Waals surface area contributed by atoms with Gasteiger partial charge in [-0.1, -0.05) is 56.7 Å². The van der Waals surface area contributed by atoms with Gasteiger partial charge in [0.15, 0.2) is 0 Å². The van der Waals surface area contributed by atoms with Crippen molar-refractivity contribution in [1.82, 2.24) is 4.98 Å². The van der Waals surface area contributed by atoms with Crippen LogP contribution in [0.5, 0.6) is 0 Å². The van der Waals surface area contributed by atoms with Gasteiger partial charge >= 0.3 is 5.97 Å². The molecule has 0 amide bonds. The third kappa shape index (κ3) is 6.06. The summed E-state index contributed by atoms with van der Waals surface area (Å²) in [6.07, 6.45) is 10.7. The van der Waals surface area contributed by atoms with E-state index < -0.39 is 0 Å². The van der Waals surface area contributed by atoms with Crippen molar-refractivity contribution in [3.8, 4) is 0 Å². The molecule has 0 fully saturated rings. The minimum Gasteiger partial charge on any atom is -0.461 e. The first-order valence-electron chi connectivity index (χ1n) is 8.75. The van der Waals surface area contributed by atoms with E-state index in [0.29, 0.717) is 12.3 Å². The molecular formula is C19H30ClNO2. The predicted molar refractivity (Wildman–Crippen MR) is 98.0 cm³/mol. The number of H-pyrrole nitrogens is 1. The van der Waals surface area contributed by atoms with Crippen LogP contribution < -0.4 is 0 Å². The Balaban J connectivity index is 2.63. The summed E-state index contributed by atoms with van der Waals surface area (Å²) in [5.74, 6) is -0.320. The standard InChI is InChI=1S/C19H30ClNO2/c1-5-7-8-9-10-11-12-13-16(20)17-14(3)18(21-15(17)4)19(22)23-6-2/h13,21H,5-12H2,1-4H3. The van der Waals surface area contributed by atoms with Gasteiger partial charge in [-0.2, -0.15) is 0 Å². The zero-order valence-corrected chi connectivity index (χ0v) is 15.7. The Hall–Kier alpha value is -1.22. The summed E-state index contributed by atoms with van der Waals surface area (Å²) in [4.78, 5) is 15.0. The van der Waals surface area contributed by atoms with E-state index in [1.54, 1.807) is 6.92 Å². The van der Waals surface area contributed by atoms with Gasteiger partial charge in [0, 0.05) is 16.3 Å². The minimum absolute atomic E-state index is 0.320. The molecule has 0 saturated carbocycles. The fourth-order valence-electron chi connectivity index (χ4n) is 2.77. The van der Waals surface area contributed by atoms with E-state index in [4.69, 9.17) is 16.3 Å². The predicted octanol–water partition coefficient (Wildman–Crippen LogP) is 6.14. The highest BCUT2D eigenvalue weighted by atomic mass is 35.5. The molecule has 1 heterocycles. The summed E-state index contributed by atoms with van der Waals surface area (Å²) in [5, 5.41) is 0.723. The first kappa shape index (κ1) is 19.8. The highest BCUT2D eigenvalue weighted by molar-refractivity contribution is 6.49. The lowest BCUT2D eigenvalue weighted by atomic mass is 10.1. The average Bonchev–Trinajstić information content (AvgIpc) is 2.81. The molecule has 0 spiro atoms. The Morgan fingerprint density at radius 2 is 1.78 bits per heavy atom. The Morgan fingerprint density at radius 3 is 2.43 bits per heavy atom. The molecule has 130 valence electrons. The number of nitrogens with one attached hydrogen (secondary N) is 1. The molecule has 1 aromatic heterocycles. The van der Waals surface area contributed by atoms with Gasteiger partial charge in [0.1, 0.15) is 5.69 Å². The van der Waals surface area contributed by atoms with E-state index in [-0.39, 0.29) is 5.97 Å². The topological polar surface area (TPSA) is 42.1 Å². The minimum atomic E-state index is -0.320. The number of ether oxygens (including phenoxy) is 1. The molecule has 1 N–H and O–H groups in total. The number of allylic oxidation sites excluding steroid dienone is 1. The molecule has 3 nitrogen and oxygen atoms in total. The molecule has 1 rings (SSSR count). The van der Waals surface area contributed by atoms with E-state index in [0.717, 1.165) is 34.7 Å². The van der Waals surface area contributed by atoms with Gasteiger partial charge in [-0.3, -0.25) is 0 Å². The average molecular weight is 340 g/mol. The maximum Gasteiger partial charge on any atom is 0.355 e. The summed E-state index contributed by atoms with van der Waals surface area (Å²) in [6.45, 7) is 8.25. The van der Waals surface area contributed by atoms with E-state index in [2.05, 4.69) is 18.0 Å². The van der Waals surface area contributed by atoms with Crippen LogP contribution in [0.3, 0.4) is 0 Å². The molecular weight excluding hydrogens is 310 g/mol. The number of esters is 1. The van der Waals surface area contributed by atoms with Gasteiger partial charge in [-0.25, -0.2) is 4.79 Å². The monoisotopic (exact) mass is 339 g/mol. The third-order valence-corrected chi connectivity index (χ3v) is 4.38. The number of carbonyl (C=O) groups is 1. The van der Waals surface area contributed by atoms with E-state index in [9.17, 15) is 4.79 Å². The molecule has 23 heavy (non-hydrogen) atoms. The molecule has 0 atom stereocenters. The molecule has 0 aliphatic carbocycles. The lowest BCUT2D eigenvalue weighted by Gasteiger charge is -2.03. The number of unbranched alkanes of at least 4 members (excludes halogenated alkanes) is 6. The summed E-state index contributed by atoms with van der Waals surface area (Å²) >= 11 is 6.46. The van der Waals surface area contributed by atoms with E-state index >= 15 is 0 Å². The maximum absolute atomic E-state index is 11.9. The SMILES string of the molecule is CCCCCCCCC=C(Cl)c1c(C)[nH]c(C(=O)OCC)c1C. The highest BCUT2D eigenvalue weighted by Gasteiger charge is 2.19. The normalized spacial score (nSPS) is 11.8. The van der Waals surface area contributed by atoms with Gasteiger partial charge in [0.25, 0.3) is 0 Å². The lowest BCUT2D eigenvalue weighted by molar-refractivity contribution is 0.0519. The first-order chi connectivity index (χ1) is 11.0. The van der Waals surface area contributed by atoms with Crippen molar-refractivity contribution in [3.63, 3.8) is 0 Å². The number of hydrogen-bond acceptors (Lipinski definition) is 2. The molecule has 0 unspecified atom stereocenters. The quantitative estimate of drug-likeness (QED) is 0.411. The van der Waals surface area contributed by atoms with Crippen LogP contribution >= 0.6 is 11.6 Å². The van der Waals surface area contributed by atoms with Crippen molar-refractivity contribution >= 4 is 22.6 Å². The second-order valence-corrected chi connectivity index (χ2v) is 6.36. The number of rotatable bonds is 10. The zero-order chi connectivity index (χ0) is 17.2. The molecule has 0 aliphatic heterocycles. The second kappa shape index (κ2) is 10.5. The number of halogens is 1. The number of aromatic nitrogens is 1. The van der Waals surface area contributed by atoms with Gasteiger partial charge < -0.3 is 9.72 Å². The molecule has 0 bridgehead atoms. The number of aryl methyl sites for hydroxylation is 1. The highest BCUT2D eigenvalue weighted by Crippen LogP contribution is 2.29. The van der Waals surface area contributed by atoms with Crippen LogP contribution in [0.2, 0.25) is 0 Å². The summed E-state index contributed by atoms with van der Waals surface area (Å²) in [6, 6.07) is 0. The van der Waals surface area contributed by atoms with Gasteiger partial charge in [-0.05, 0) is 39.2 Å². The van der Waals surface area contributed by atoms with Crippen LogP contribution in [-0.4, -0.2) is 17.6 Å². The second-order valence-electron chi connectivity index (χ2n) is 5.95. The van der Waals surface area contributed by atoms with Crippen LogP contribution in [0.15, 0.2) is 6.08 Å². The fraction of sp³-hybridized carbons (Fsp3) is 0.632. The summed E-state index contributed by atoms with van der Waals surface area (Å²) in [7, 11) is 0. The van der Waals surface area contributed by atoms with Crippen molar-refractivity contribution in [1.29, 1.82) is 0 Å². The fourth-order valence-corrected chi connectivity index (χ4v) is 3.16. The third-order valence-electron chi connectivity index (χ3n) is 4.04. The van der Waals surface area contributed by atoms with Crippen molar-refractivity contribution in [2.75, 3.05) is 6.61 Å². The smallest absolute Gasteiger partial charge is 0.355 e. The molecule has 4 heteroatoms. The number of carbonyl (C=O) groups excluding carboxylic acids is 1. The number of hydrogen-bond donors (Lipinski definition) is 1. The Bertz CT molecular complexity index is 532. The van der Waals surface area contributed by atoms with Gasteiger partial charge in [0.05, 0.1) is 6.61 Å². The van der Waals surface area contributed by atoms with Gasteiger partial charge in [-0.15, -0.1) is 0 Å². The summed E-state index contributed by atoms with van der Waals surface area (Å²) < 4.78 is 5.07. The van der Waals surface area contributed by atoms with Crippen LogP contribution in [0.1, 0.15) is 86.1 Å².